The van der Waals surface area contributed by atoms with Crippen LogP contribution in [0.25, 0.3) is 22.3 Å². The molecule has 0 spiro atoms. The van der Waals surface area contributed by atoms with Gasteiger partial charge in [-0.1, -0.05) is 0 Å². The molecule has 4 rings (SSSR count). The number of ether oxygens (including phenoxy) is 1. The second kappa shape index (κ2) is 9.49. The number of hydrogen-bond donors (Lipinski definition) is 2. The molecule has 3 heterocycles. The van der Waals surface area contributed by atoms with Crippen LogP contribution in [0.1, 0.15) is 6.42 Å². The third-order valence-electron chi connectivity index (χ3n) is 5.79. The van der Waals surface area contributed by atoms with E-state index in [1.807, 2.05) is 33.3 Å². The van der Waals surface area contributed by atoms with Gasteiger partial charge in [0.2, 0.25) is 0 Å². The van der Waals surface area contributed by atoms with E-state index in [2.05, 4.69) is 44.4 Å². The van der Waals surface area contributed by atoms with Gasteiger partial charge in [-0.05, 0) is 49.9 Å². The van der Waals surface area contributed by atoms with Gasteiger partial charge in [0.1, 0.15) is 12.4 Å². The normalized spacial score (nSPS) is 16.1. The van der Waals surface area contributed by atoms with E-state index < -0.39 is 0 Å². The first-order valence-corrected chi connectivity index (χ1v) is 10.8. The van der Waals surface area contributed by atoms with E-state index in [1.165, 1.54) is 0 Å². The molecule has 0 saturated carbocycles. The number of nitrogens with one attached hydrogen (secondary N) is 1. The van der Waals surface area contributed by atoms with Gasteiger partial charge in [0.05, 0.1) is 23.1 Å². The third kappa shape index (κ3) is 4.73. The summed E-state index contributed by atoms with van der Waals surface area (Å²) in [6.07, 6.45) is 2.76. The van der Waals surface area contributed by atoms with Gasteiger partial charge < -0.3 is 25.0 Å². The summed E-state index contributed by atoms with van der Waals surface area (Å²) in [5.41, 5.74) is 4.86. The molecular formula is C24H31N5O2. The molecule has 1 aromatic carbocycles. The minimum atomic E-state index is 0.230. The van der Waals surface area contributed by atoms with Crippen LogP contribution in [-0.2, 0) is 0 Å². The highest BCUT2D eigenvalue weighted by atomic mass is 16.5. The van der Waals surface area contributed by atoms with Crippen molar-refractivity contribution in [1.29, 1.82) is 0 Å². The summed E-state index contributed by atoms with van der Waals surface area (Å²) in [6, 6.07) is 12.4. The van der Waals surface area contributed by atoms with Crippen molar-refractivity contribution in [1.82, 2.24) is 15.3 Å². The molecule has 1 aliphatic heterocycles. The lowest BCUT2D eigenvalue weighted by atomic mass is 10.1. The predicted octanol–water partition coefficient (Wildman–Crippen LogP) is 2.78. The van der Waals surface area contributed by atoms with E-state index in [0.29, 0.717) is 12.5 Å². The molecule has 2 aromatic heterocycles. The minimum absolute atomic E-state index is 0.230. The SMILES string of the molecule is CNCCOc1ccc(-c2cc(N3CCC(CO)C3)c3ccc(N(C)C)cc3n2)nc1. The molecule has 7 nitrogen and oxygen atoms in total. The van der Waals surface area contributed by atoms with Crippen LogP contribution in [0.4, 0.5) is 11.4 Å². The van der Waals surface area contributed by atoms with Crippen molar-refractivity contribution < 1.29 is 9.84 Å². The maximum atomic E-state index is 9.61. The lowest BCUT2D eigenvalue weighted by molar-refractivity contribution is 0.238. The summed E-state index contributed by atoms with van der Waals surface area (Å²) >= 11 is 0. The maximum Gasteiger partial charge on any atom is 0.137 e. The van der Waals surface area contributed by atoms with E-state index in [4.69, 9.17) is 9.72 Å². The largest absolute Gasteiger partial charge is 0.491 e. The molecular weight excluding hydrogens is 390 g/mol. The zero-order valence-electron chi connectivity index (χ0n) is 18.5. The molecule has 164 valence electrons. The molecule has 2 N–H and O–H groups in total. The van der Waals surface area contributed by atoms with Gasteiger partial charge in [0.15, 0.2) is 0 Å². The van der Waals surface area contributed by atoms with E-state index >= 15 is 0 Å². The molecule has 1 unspecified atom stereocenters. The summed E-state index contributed by atoms with van der Waals surface area (Å²) in [6.45, 7) is 3.41. The second-order valence-corrected chi connectivity index (χ2v) is 8.24. The van der Waals surface area contributed by atoms with Crippen LogP contribution in [0.5, 0.6) is 5.75 Å². The number of pyridine rings is 2. The van der Waals surface area contributed by atoms with Crippen LogP contribution in [0, 0.1) is 5.92 Å². The van der Waals surface area contributed by atoms with Gasteiger partial charge in [-0.2, -0.15) is 0 Å². The highest BCUT2D eigenvalue weighted by molar-refractivity contribution is 5.96. The van der Waals surface area contributed by atoms with Crippen molar-refractivity contribution in [2.75, 3.05) is 63.8 Å². The molecule has 0 bridgehead atoms. The van der Waals surface area contributed by atoms with Crippen molar-refractivity contribution >= 4 is 22.3 Å². The quantitative estimate of drug-likeness (QED) is 0.542. The number of aliphatic hydroxyl groups excluding tert-OH is 1. The number of hydrogen-bond acceptors (Lipinski definition) is 7. The first-order chi connectivity index (χ1) is 15.1. The zero-order valence-corrected chi connectivity index (χ0v) is 18.5. The molecule has 1 saturated heterocycles. The average molecular weight is 422 g/mol. The molecule has 1 atom stereocenters. The fraction of sp³-hybridized carbons (Fsp3) is 0.417. The first kappa shape index (κ1) is 21.3. The summed E-state index contributed by atoms with van der Waals surface area (Å²) < 4.78 is 5.70. The summed E-state index contributed by atoms with van der Waals surface area (Å²) in [7, 11) is 5.97. The number of benzene rings is 1. The van der Waals surface area contributed by atoms with Gasteiger partial charge in [0.25, 0.3) is 0 Å². The van der Waals surface area contributed by atoms with Crippen molar-refractivity contribution in [3.05, 3.63) is 42.6 Å². The highest BCUT2D eigenvalue weighted by Gasteiger charge is 2.24. The molecule has 3 aromatic rings. The van der Waals surface area contributed by atoms with Crippen molar-refractivity contribution in [2.24, 2.45) is 5.92 Å². The Morgan fingerprint density at radius 2 is 2.06 bits per heavy atom. The Kier molecular flexibility index (Phi) is 6.53. The standard InChI is InChI=1S/C24H31N5O2/c1-25-9-11-31-19-5-7-21(26-14-19)23-13-24(29-10-8-17(15-29)16-30)20-6-4-18(28(2)3)12-22(20)27-23/h4-7,12-14,17,25,30H,8-11,15-16H2,1-3H3. The molecule has 0 amide bonds. The number of fused-ring (bicyclic) bond motifs is 1. The Balaban J connectivity index is 1.72. The number of nitrogens with zero attached hydrogens (tertiary/aromatic N) is 4. The minimum Gasteiger partial charge on any atom is -0.491 e. The van der Waals surface area contributed by atoms with E-state index in [-0.39, 0.29) is 6.61 Å². The fourth-order valence-electron chi connectivity index (χ4n) is 3.96. The molecule has 0 aliphatic carbocycles. The molecule has 1 aliphatic rings. The number of anilines is 2. The van der Waals surface area contributed by atoms with Gasteiger partial charge in [-0.15, -0.1) is 0 Å². The van der Waals surface area contributed by atoms with Crippen LogP contribution >= 0.6 is 0 Å². The van der Waals surface area contributed by atoms with Gasteiger partial charge in [-0.3, -0.25) is 4.98 Å². The monoisotopic (exact) mass is 421 g/mol. The number of aromatic nitrogens is 2. The zero-order chi connectivity index (χ0) is 21.8. The highest BCUT2D eigenvalue weighted by Crippen LogP contribution is 2.35. The molecule has 1 fully saturated rings. The van der Waals surface area contributed by atoms with E-state index in [9.17, 15) is 5.11 Å². The van der Waals surface area contributed by atoms with Crippen LogP contribution in [0.15, 0.2) is 42.6 Å². The first-order valence-electron chi connectivity index (χ1n) is 10.8. The van der Waals surface area contributed by atoms with Gasteiger partial charge in [-0.25, -0.2) is 4.98 Å². The molecule has 0 radical (unpaired) electrons. The topological polar surface area (TPSA) is 73.8 Å². The number of rotatable bonds is 8. The Hall–Kier alpha value is -2.90. The fourth-order valence-corrected chi connectivity index (χ4v) is 3.96. The van der Waals surface area contributed by atoms with Gasteiger partial charge >= 0.3 is 0 Å². The van der Waals surface area contributed by atoms with Crippen LogP contribution < -0.4 is 19.9 Å². The Morgan fingerprint density at radius 3 is 2.74 bits per heavy atom. The summed E-state index contributed by atoms with van der Waals surface area (Å²) in [5, 5.41) is 13.8. The van der Waals surface area contributed by atoms with Crippen molar-refractivity contribution in [3.8, 4) is 17.1 Å². The van der Waals surface area contributed by atoms with Crippen LogP contribution in [-0.4, -0.2) is 69.1 Å². The van der Waals surface area contributed by atoms with Crippen LogP contribution in [0.3, 0.4) is 0 Å². The molecule has 7 heteroatoms. The van der Waals surface area contributed by atoms with E-state index in [1.54, 1.807) is 6.20 Å². The molecule has 31 heavy (non-hydrogen) atoms. The average Bonchev–Trinajstić information content (AvgIpc) is 3.28. The Bertz CT molecular complexity index is 1020. The number of likely N-dealkylation sites (N-methyl/N-ethyl adjacent to an activating group) is 1. The van der Waals surface area contributed by atoms with Crippen LogP contribution in [0.2, 0.25) is 0 Å². The Morgan fingerprint density at radius 1 is 1.19 bits per heavy atom. The van der Waals surface area contributed by atoms with Crippen molar-refractivity contribution in [2.45, 2.75) is 6.42 Å². The summed E-state index contributed by atoms with van der Waals surface area (Å²) in [4.78, 5) is 14.0. The third-order valence-corrected chi connectivity index (χ3v) is 5.79. The van der Waals surface area contributed by atoms with Crippen molar-refractivity contribution in [3.63, 3.8) is 0 Å². The van der Waals surface area contributed by atoms with E-state index in [0.717, 1.165) is 65.5 Å². The lowest BCUT2D eigenvalue weighted by Gasteiger charge is -2.22. The predicted molar refractivity (Wildman–Crippen MR) is 126 cm³/mol. The second-order valence-electron chi connectivity index (χ2n) is 8.24. The lowest BCUT2D eigenvalue weighted by Crippen LogP contribution is -2.21. The van der Waals surface area contributed by atoms with Gasteiger partial charge in [0, 0.05) is 63.0 Å². The summed E-state index contributed by atoms with van der Waals surface area (Å²) in [5.74, 6) is 1.07. The maximum absolute atomic E-state index is 9.61. The Labute approximate surface area is 183 Å². The smallest absolute Gasteiger partial charge is 0.137 e. The number of aliphatic hydroxyl groups is 1.